The summed E-state index contributed by atoms with van der Waals surface area (Å²) >= 11 is 0. The van der Waals surface area contributed by atoms with E-state index in [2.05, 4.69) is 0 Å². The highest BCUT2D eigenvalue weighted by Gasteiger charge is 2.21. The van der Waals surface area contributed by atoms with E-state index in [1.807, 2.05) is 0 Å². The second kappa shape index (κ2) is 3.02. The second-order valence-electron chi connectivity index (χ2n) is 2.27. The Hall–Kier alpha value is -0.120. The van der Waals surface area contributed by atoms with Crippen LogP contribution in [0.5, 0.6) is 0 Å². The maximum atomic E-state index is 10.1. The second-order valence-corrected chi connectivity index (χ2v) is 2.27. The fourth-order valence-electron chi connectivity index (χ4n) is 0.141. The zero-order valence-corrected chi connectivity index (χ0v) is 4.92. The quantitative estimate of drug-likeness (QED) is 0.521. The summed E-state index contributed by atoms with van der Waals surface area (Å²) in [6.45, 7) is 0.625. The van der Waals surface area contributed by atoms with Gasteiger partial charge in [-0.2, -0.15) is 0 Å². The van der Waals surface area contributed by atoms with Crippen molar-refractivity contribution in [3.05, 3.63) is 0 Å². The number of aliphatic hydroxyl groups is 2. The summed E-state index contributed by atoms with van der Waals surface area (Å²) in [6, 6.07) is 0. The normalized spacial score (nSPS) is 12.0. The van der Waals surface area contributed by atoms with Gasteiger partial charge in [0.2, 0.25) is 0 Å². The average Bonchev–Trinajstić information content (AvgIpc) is 1.87. The maximum absolute atomic E-state index is 10.1. The van der Waals surface area contributed by atoms with Crippen molar-refractivity contribution in [3.63, 3.8) is 0 Å². The lowest BCUT2D eigenvalue weighted by molar-refractivity contribution is -0.00643. The van der Waals surface area contributed by atoms with E-state index < -0.39 is 12.0 Å². The molecular weight excluding hydrogens is 108 g/mol. The topological polar surface area (TPSA) is 60.4 Å². The van der Waals surface area contributed by atoms with E-state index >= 15 is 0 Å². The molecule has 1 radical (unpaired) electrons. The van der Waals surface area contributed by atoms with Crippen molar-refractivity contribution in [1.82, 2.24) is 0 Å². The molecule has 49 valence electrons. The zero-order chi connectivity index (χ0) is 6.62. The van der Waals surface area contributed by atoms with Crippen LogP contribution in [0.1, 0.15) is 6.92 Å². The van der Waals surface area contributed by atoms with Crippen molar-refractivity contribution in [1.29, 1.82) is 0 Å². The molecule has 0 atom stereocenters. The largest absolute Gasteiger partial charge is 0.396 e. The molecule has 0 amide bonds. The first-order valence-electron chi connectivity index (χ1n) is 2.48. The van der Waals surface area contributed by atoms with Crippen LogP contribution in [0.3, 0.4) is 0 Å². The third-order valence-electron chi connectivity index (χ3n) is 1.11. The van der Waals surface area contributed by atoms with Crippen LogP contribution in [0.25, 0.3) is 0 Å². The van der Waals surface area contributed by atoms with Crippen molar-refractivity contribution in [2.75, 3.05) is 19.8 Å². The molecule has 0 heterocycles. The van der Waals surface area contributed by atoms with Crippen molar-refractivity contribution in [2.45, 2.75) is 6.92 Å². The molecule has 3 heteroatoms. The molecule has 0 bridgehead atoms. The third-order valence-corrected chi connectivity index (χ3v) is 1.11. The van der Waals surface area contributed by atoms with Crippen LogP contribution in [-0.4, -0.2) is 30.0 Å². The molecule has 0 saturated carbocycles. The minimum absolute atomic E-state index is 0.243. The van der Waals surface area contributed by atoms with Gasteiger partial charge in [0, 0.05) is 5.41 Å². The Balaban J connectivity index is 3.58. The highest BCUT2D eigenvalue weighted by Crippen LogP contribution is 2.11. The molecule has 0 fully saturated rings. The van der Waals surface area contributed by atoms with E-state index in [-0.39, 0.29) is 13.2 Å². The summed E-state index contributed by atoms with van der Waals surface area (Å²) in [4.78, 5) is 0. The molecule has 0 saturated heterocycles. The Labute approximate surface area is 48.6 Å². The lowest BCUT2D eigenvalue weighted by atomic mass is 9.95. The number of aliphatic hydroxyl groups excluding tert-OH is 2. The fraction of sp³-hybridized carbons (Fsp3) is 1.00. The molecule has 0 aromatic rings. The summed E-state index contributed by atoms with van der Waals surface area (Å²) in [6.07, 6.45) is 0. The van der Waals surface area contributed by atoms with Crippen molar-refractivity contribution in [2.24, 2.45) is 5.41 Å². The van der Waals surface area contributed by atoms with Gasteiger partial charge >= 0.3 is 0 Å². The molecule has 2 N–H and O–H groups in total. The summed E-state index contributed by atoms with van der Waals surface area (Å²) < 4.78 is 0. The van der Waals surface area contributed by atoms with Gasteiger partial charge in [0.1, 0.15) is 0 Å². The predicted molar refractivity (Wildman–Crippen MR) is 27.8 cm³/mol. The highest BCUT2D eigenvalue weighted by molar-refractivity contribution is 4.69. The molecular formula is C5H11O3. The van der Waals surface area contributed by atoms with Gasteiger partial charge in [0.15, 0.2) is 0 Å². The van der Waals surface area contributed by atoms with Gasteiger partial charge in [-0.3, -0.25) is 0 Å². The van der Waals surface area contributed by atoms with E-state index in [4.69, 9.17) is 10.2 Å². The summed E-state index contributed by atoms with van der Waals surface area (Å²) in [5.74, 6) is 0. The van der Waals surface area contributed by atoms with Gasteiger partial charge in [0.05, 0.1) is 19.8 Å². The van der Waals surface area contributed by atoms with Crippen LogP contribution in [0.2, 0.25) is 0 Å². The van der Waals surface area contributed by atoms with Crippen molar-refractivity contribution in [3.8, 4) is 0 Å². The van der Waals surface area contributed by atoms with Crippen LogP contribution in [0.15, 0.2) is 0 Å². The smallest absolute Gasteiger partial charge is 0.0919 e. The van der Waals surface area contributed by atoms with Crippen molar-refractivity contribution < 1.29 is 15.3 Å². The van der Waals surface area contributed by atoms with Crippen LogP contribution in [0.4, 0.5) is 0 Å². The van der Waals surface area contributed by atoms with Crippen LogP contribution >= 0.6 is 0 Å². The summed E-state index contributed by atoms with van der Waals surface area (Å²) in [5, 5.41) is 26.9. The zero-order valence-electron chi connectivity index (χ0n) is 4.92. The van der Waals surface area contributed by atoms with Gasteiger partial charge in [-0.1, -0.05) is 6.92 Å². The van der Waals surface area contributed by atoms with E-state index in [1.165, 1.54) is 0 Å². The number of hydrogen-bond acceptors (Lipinski definition) is 2. The fourth-order valence-corrected chi connectivity index (χ4v) is 0.141. The Bertz CT molecular complexity index is 50.4. The van der Waals surface area contributed by atoms with Gasteiger partial charge < -0.3 is 10.2 Å². The lowest BCUT2D eigenvalue weighted by Gasteiger charge is -2.18. The van der Waals surface area contributed by atoms with E-state index in [0.717, 1.165) is 0 Å². The molecule has 0 aromatic carbocycles. The molecule has 0 aliphatic heterocycles. The molecule has 0 aliphatic carbocycles. The molecule has 3 nitrogen and oxygen atoms in total. The first-order valence-corrected chi connectivity index (χ1v) is 2.48. The Morgan fingerprint density at radius 2 is 1.75 bits per heavy atom. The maximum Gasteiger partial charge on any atom is 0.0919 e. The van der Waals surface area contributed by atoms with Gasteiger partial charge in [-0.05, 0) is 0 Å². The summed E-state index contributed by atoms with van der Waals surface area (Å²) in [5.41, 5.74) is -0.819. The number of rotatable bonds is 3. The Morgan fingerprint density at radius 3 is 1.75 bits per heavy atom. The van der Waals surface area contributed by atoms with Crippen LogP contribution < -0.4 is 0 Å². The van der Waals surface area contributed by atoms with Crippen molar-refractivity contribution >= 4 is 0 Å². The standard InChI is InChI=1S/C5H11O3/c1-5(2-6,3-7)4-8/h6-7H,2-4H2,1H3. The molecule has 0 aromatic heterocycles. The Morgan fingerprint density at radius 1 is 1.38 bits per heavy atom. The molecule has 0 rings (SSSR count). The van der Waals surface area contributed by atoms with Gasteiger partial charge in [0.25, 0.3) is 0 Å². The minimum Gasteiger partial charge on any atom is -0.396 e. The third kappa shape index (κ3) is 1.78. The van der Waals surface area contributed by atoms with Crippen LogP contribution in [0, 0.1) is 5.41 Å². The number of hydrogen-bond donors (Lipinski definition) is 2. The van der Waals surface area contributed by atoms with E-state index in [1.54, 1.807) is 6.92 Å². The highest BCUT2D eigenvalue weighted by atomic mass is 16.3. The SMILES string of the molecule is CC(C[O])(CO)CO. The first kappa shape index (κ1) is 7.88. The minimum atomic E-state index is -0.819. The van der Waals surface area contributed by atoms with E-state index in [0.29, 0.717) is 0 Å². The van der Waals surface area contributed by atoms with E-state index in [9.17, 15) is 5.11 Å². The molecule has 8 heavy (non-hydrogen) atoms. The Kier molecular flexibility index (Phi) is 2.97. The first-order chi connectivity index (χ1) is 3.68. The lowest BCUT2D eigenvalue weighted by Crippen LogP contribution is -2.29. The van der Waals surface area contributed by atoms with Gasteiger partial charge in [-0.25, -0.2) is 5.11 Å². The van der Waals surface area contributed by atoms with Gasteiger partial charge in [-0.15, -0.1) is 0 Å². The summed E-state index contributed by atoms with van der Waals surface area (Å²) in [7, 11) is 0. The predicted octanol–water partition coefficient (Wildman–Crippen LogP) is -0.592. The molecule has 0 spiro atoms. The molecule has 0 unspecified atom stereocenters. The van der Waals surface area contributed by atoms with Crippen LogP contribution in [-0.2, 0) is 5.11 Å². The average molecular weight is 119 g/mol. The monoisotopic (exact) mass is 119 g/mol. The molecule has 0 aliphatic rings.